The van der Waals surface area contributed by atoms with E-state index in [4.69, 9.17) is 4.74 Å². The molecular weight excluding hydrogens is 352 g/mol. The van der Waals surface area contributed by atoms with Crippen molar-refractivity contribution in [1.82, 2.24) is 10.6 Å². The monoisotopic (exact) mass is 386 g/mol. The van der Waals surface area contributed by atoms with Gasteiger partial charge in [0.15, 0.2) is 5.96 Å². The van der Waals surface area contributed by atoms with E-state index in [-0.39, 0.29) is 5.91 Å². The molecule has 2 aliphatic rings. The molecule has 3 rings (SSSR count). The van der Waals surface area contributed by atoms with E-state index in [1.54, 1.807) is 0 Å². The second-order valence-corrected chi connectivity index (χ2v) is 7.66. The number of benzene rings is 1. The van der Waals surface area contributed by atoms with Gasteiger partial charge in [0, 0.05) is 45.0 Å². The smallest absolute Gasteiger partial charge is 0.226 e. The van der Waals surface area contributed by atoms with Crippen LogP contribution in [0.25, 0.3) is 0 Å². The molecule has 1 aromatic carbocycles. The third-order valence-corrected chi connectivity index (χ3v) is 5.14. The maximum absolute atomic E-state index is 12.0. The summed E-state index contributed by atoms with van der Waals surface area (Å²) in [7, 11) is 0. The summed E-state index contributed by atoms with van der Waals surface area (Å²) in [5.74, 6) is 1.89. The molecule has 6 heteroatoms. The number of nitrogens with zero attached hydrogens (tertiary/aromatic N) is 2. The first-order valence-electron chi connectivity index (χ1n) is 10.8. The fourth-order valence-corrected chi connectivity index (χ4v) is 3.29. The molecule has 1 amide bonds. The van der Waals surface area contributed by atoms with Gasteiger partial charge in [-0.1, -0.05) is 12.1 Å². The second kappa shape index (κ2) is 11.1. The van der Waals surface area contributed by atoms with Gasteiger partial charge in [0.25, 0.3) is 0 Å². The zero-order valence-electron chi connectivity index (χ0n) is 17.1. The van der Waals surface area contributed by atoms with Crippen molar-refractivity contribution >= 4 is 17.6 Å². The van der Waals surface area contributed by atoms with E-state index in [9.17, 15) is 4.79 Å². The number of guanidine groups is 1. The van der Waals surface area contributed by atoms with Crippen molar-refractivity contribution in [1.29, 1.82) is 0 Å². The number of hydrogen-bond acceptors (Lipinski definition) is 3. The zero-order chi connectivity index (χ0) is 19.6. The highest BCUT2D eigenvalue weighted by molar-refractivity contribution is 5.93. The lowest BCUT2D eigenvalue weighted by Gasteiger charge is -2.26. The van der Waals surface area contributed by atoms with Crippen LogP contribution in [-0.4, -0.2) is 44.7 Å². The molecule has 1 saturated carbocycles. The number of aliphatic imine (C=N–C) groups is 1. The number of piperidine rings is 1. The number of ether oxygens (including phenoxy) is 1. The van der Waals surface area contributed by atoms with Crippen LogP contribution in [0.15, 0.2) is 29.3 Å². The Balaban J connectivity index is 1.42. The van der Waals surface area contributed by atoms with Crippen molar-refractivity contribution in [3.05, 3.63) is 29.8 Å². The van der Waals surface area contributed by atoms with Crippen LogP contribution in [-0.2, 0) is 16.1 Å². The Bertz CT molecular complexity index is 640. The molecule has 1 heterocycles. The van der Waals surface area contributed by atoms with E-state index < -0.39 is 0 Å². The van der Waals surface area contributed by atoms with Crippen molar-refractivity contribution in [2.45, 2.75) is 52.0 Å². The molecule has 1 aliphatic carbocycles. The first-order chi connectivity index (χ1) is 13.8. The van der Waals surface area contributed by atoms with Crippen molar-refractivity contribution in [2.75, 3.05) is 37.7 Å². The molecule has 28 heavy (non-hydrogen) atoms. The summed E-state index contributed by atoms with van der Waals surface area (Å²) in [5, 5.41) is 6.66. The van der Waals surface area contributed by atoms with Crippen LogP contribution in [0.2, 0.25) is 0 Å². The molecule has 2 N–H and O–H groups in total. The summed E-state index contributed by atoms with van der Waals surface area (Å²) in [6.07, 6.45) is 6.41. The molecular formula is C22H34N4O2. The third-order valence-electron chi connectivity index (χ3n) is 5.14. The number of hydrogen-bond donors (Lipinski definition) is 2. The highest BCUT2D eigenvalue weighted by Gasteiger charge is 2.21. The Morgan fingerprint density at radius 2 is 2.04 bits per heavy atom. The summed E-state index contributed by atoms with van der Waals surface area (Å²) in [4.78, 5) is 18.6. The standard InChI is InChI=1S/C22H34N4O2/c1-2-23-22(24-13-5-15-28-17-19-7-8-19)25-16-18-9-11-20(12-10-18)26-14-4-3-6-21(26)27/h9-12,19H,2-8,13-17H2,1H3,(H2,23,24,25). The molecule has 1 aromatic rings. The number of anilines is 1. The molecule has 1 aliphatic heterocycles. The molecule has 0 radical (unpaired) electrons. The maximum atomic E-state index is 12.0. The van der Waals surface area contributed by atoms with Crippen molar-refractivity contribution < 1.29 is 9.53 Å². The topological polar surface area (TPSA) is 66.0 Å². The van der Waals surface area contributed by atoms with Crippen LogP contribution >= 0.6 is 0 Å². The molecule has 154 valence electrons. The lowest BCUT2D eigenvalue weighted by molar-refractivity contribution is -0.119. The summed E-state index contributed by atoms with van der Waals surface area (Å²) in [6.45, 7) is 6.93. The van der Waals surface area contributed by atoms with Gasteiger partial charge < -0.3 is 20.3 Å². The normalized spacial score (nSPS) is 17.7. The summed E-state index contributed by atoms with van der Waals surface area (Å²) >= 11 is 0. The van der Waals surface area contributed by atoms with Gasteiger partial charge in [-0.2, -0.15) is 0 Å². The van der Waals surface area contributed by atoms with E-state index in [1.165, 1.54) is 12.8 Å². The number of carbonyl (C=O) groups is 1. The number of amides is 1. The molecule has 0 bridgehead atoms. The second-order valence-electron chi connectivity index (χ2n) is 7.66. The van der Waals surface area contributed by atoms with Crippen LogP contribution in [0.1, 0.15) is 51.0 Å². The fraction of sp³-hybridized carbons (Fsp3) is 0.636. The highest BCUT2D eigenvalue weighted by Crippen LogP contribution is 2.28. The Morgan fingerprint density at radius 1 is 1.21 bits per heavy atom. The third kappa shape index (κ3) is 6.82. The minimum atomic E-state index is 0.233. The van der Waals surface area contributed by atoms with E-state index in [0.717, 1.165) is 75.2 Å². The quantitative estimate of drug-likeness (QED) is 0.368. The fourth-order valence-electron chi connectivity index (χ4n) is 3.29. The van der Waals surface area contributed by atoms with E-state index in [0.29, 0.717) is 13.0 Å². The average Bonchev–Trinajstić information content (AvgIpc) is 3.54. The minimum Gasteiger partial charge on any atom is -0.381 e. The van der Waals surface area contributed by atoms with Gasteiger partial charge in [-0.15, -0.1) is 0 Å². The number of carbonyl (C=O) groups excluding carboxylic acids is 1. The number of nitrogens with one attached hydrogen (secondary N) is 2. The summed E-state index contributed by atoms with van der Waals surface area (Å²) < 4.78 is 5.67. The number of rotatable bonds is 10. The molecule has 0 atom stereocenters. The lowest BCUT2D eigenvalue weighted by Crippen LogP contribution is -2.38. The van der Waals surface area contributed by atoms with E-state index in [2.05, 4.69) is 34.7 Å². The van der Waals surface area contributed by atoms with Crippen molar-refractivity contribution in [2.24, 2.45) is 10.9 Å². The lowest BCUT2D eigenvalue weighted by atomic mass is 10.1. The largest absolute Gasteiger partial charge is 0.381 e. The van der Waals surface area contributed by atoms with Crippen molar-refractivity contribution in [3.63, 3.8) is 0 Å². The first-order valence-corrected chi connectivity index (χ1v) is 10.8. The molecule has 1 saturated heterocycles. The van der Waals surface area contributed by atoms with Gasteiger partial charge >= 0.3 is 0 Å². The van der Waals surface area contributed by atoms with Crippen LogP contribution in [0.4, 0.5) is 5.69 Å². The molecule has 0 unspecified atom stereocenters. The zero-order valence-corrected chi connectivity index (χ0v) is 17.1. The summed E-state index contributed by atoms with van der Waals surface area (Å²) in [5.41, 5.74) is 2.13. The minimum absolute atomic E-state index is 0.233. The van der Waals surface area contributed by atoms with Crippen LogP contribution < -0.4 is 15.5 Å². The predicted octanol–water partition coefficient (Wildman–Crippen LogP) is 3.08. The Kier molecular flexibility index (Phi) is 8.15. The Morgan fingerprint density at radius 3 is 2.75 bits per heavy atom. The first kappa shape index (κ1) is 20.6. The van der Waals surface area contributed by atoms with Crippen LogP contribution in [0, 0.1) is 5.92 Å². The highest BCUT2D eigenvalue weighted by atomic mass is 16.5. The Labute approximate surface area is 168 Å². The Hall–Kier alpha value is -2.08. The molecule has 0 spiro atoms. The molecule has 6 nitrogen and oxygen atoms in total. The van der Waals surface area contributed by atoms with Crippen LogP contribution in [0.3, 0.4) is 0 Å². The van der Waals surface area contributed by atoms with Gasteiger partial charge in [-0.25, -0.2) is 4.99 Å². The van der Waals surface area contributed by atoms with Gasteiger partial charge in [-0.3, -0.25) is 4.79 Å². The average molecular weight is 387 g/mol. The van der Waals surface area contributed by atoms with Crippen molar-refractivity contribution in [3.8, 4) is 0 Å². The molecule has 2 fully saturated rings. The molecule has 0 aromatic heterocycles. The van der Waals surface area contributed by atoms with Gasteiger partial charge in [0.05, 0.1) is 6.54 Å². The van der Waals surface area contributed by atoms with E-state index >= 15 is 0 Å². The van der Waals surface area contributed by atoms with Crippen LogP contribution in [0.5, 0.6) is 0 Å². The van der Waals surface area contributed by atoms with E-state index in [1.807, 2.05) is 17.0 Å². The SMILES string of the molecule is CCNC(=NCc1ccc(N2CCCCC2=O)cc1)NCCCOCC1CC1. The van der Waals surface area contributed by atoms with Gasteiger partial charge in [-0.05, 0) is 62.6 Å². The maximum Gasteiger partial charge on any atom is 0.226 e. The predicted molar refractivity (Wildman–Crippen MR) is 114 cm³/mol. The van der Waals surface area contributed by atoms with Gasteiger partial charge in [0.2, 0.25) is 5.91 Å². The summed E-state index contributed by atoms with van der Waals surface area (Å²) in [6, 6.07) is 8.20. The van der Waals surface area contributed by atoms with Gasteiger partial charge in [0.1, 0.15) is 0 Å².